The molecule has 1 aromatic rings. The predicted octanol–water partition coefficient (Wildman–Crippen LogP) is 4.11. The third-order valence-corrected chi connectivity index (χ3v) is 3.20. The van der Waals surface area contributed by atoms with Crippen molar-refractivity contribution in [2.24, 2.45) is 5.92 Å². The summed E-state index contributed by atoms with van der Waals surface area (Å²) in [5.41, 5.74) is 1.50. The lowest BCUT2D eigenvalue weighted by Gasteiger charge is -2.28. The summed E-state index contributed by atoms with van der Waals surface area (Å²) in [5, 5.41) is 9.25. The van der Waals surface area contributed by atoms with Crippen LogP contribution in [0.2, 0.25) is 0 Å². The highest BCUT2D eigenvalue weighted by Crippen LogP contribution is 2.32. The summed E-state index contributed by atoms with van der Waals surface area (Å²) in [7, 11) is 0. The zero-order valence-electron chi connectivity index (χ0n) is 10.2. The minimum atomic E-state index is 0.198. The summed E-state index contributed by atoms with van der Waals surface area (Å²) in [4.78, 5) is 0. The van der Waals surface area contributed by atoms with E-state index >= 15 is 0 Å². The van der Waals surface area contributed by atoms with Crippen molar-refractivity contribution in [3.8, 4) is 5.75 Å². The molecule has 0 radical (unpaired) electrons. The molecular formula is C14H22O. The predicted molar refractivity (Wildman–Crippen MR) is 65.2 cm³/mol. The number of benzene rings is 1. The van der Waals surface area contributed by atoms with Crippen LogP contribution >= 0.6 is 0 Å². The molecule has 0 heterocycles. The molecule has 1 nitrogen and oxygen atoms in total. The Morgan fingerprint density at radius 3 is 2.20 bits per heavy atom. The molecule has 0 aliphatic heterocycles. The van der Waals surface area contributed by atoms with Crippen LogP contribution in [-0.4, -0.2) is 5.11 Å². The zero-order chi connectivity index (χ0) is 11.5. The number of phenols is 1. The van der Waals surface area contributed by atoms with Crippen molar-refractivity contribution in [2.45, 2.75) is 46.0 Å². The van der Waals surface area contributed by atoms with Gasteiger partial charge in [0.25, 0.3) is 0 Å². The Bertz CT molecular complexity index is 298. The standard InChI is InChI=1S/C14H22O/c1-5-11(2)10-14(3,4)12-6-8-13(15)9-7-12/h6-9,11,15H,5,10H2,1-4H3/t11-/m0/s1. The fourth-order valence-electron chi connectivity index (χ4n) is 2.05. The molecule has 0 spiro atoms. The molecule has 15 heavy (non-hydrogen) atoms. The lowest BCUT2D eigenvalue weighted by Crippen LogP contribution is -2.20. The van der Waals surface area contributed by atoms with Gasteiger partial charge in [-0.15, -0.1) is 0 Å². The van der Waals surface area contributed by atoms with E-state index in [2.05, 4.69) is 27.7 Å². The molecule has 1 heteroatoms. The second kappa shape index (κ2) is 4.69. The van der Waals surface area contributed by atoms with E-state index in [1.165, 1.54) is 18.4 Å². The van der Waals surface area contributed by atoms with Crippen LogP contribution in [0.3, 0.4) is 0 Å². The summed E-state index contributed by atoms with van der Waals surface area (Å²) in [6.07, 6.45) is 2.41. The highest BCUT2D eigenvalue weighted by atomic mass is 16.3. The van der Waals surface area contributed by atoms with Gasteiger partial charge < -0.3 is 5.11 Å². The summed E-state index contributed by atoms with van der Waals surface area (Å²) in [6, 6.07) is 7.59. The fraction of sp³-hybridized carbons (Fsp3) is 0.571. The Labute approximate surface area is 93.1 Å². The monoisotopic (exact) mass is 206 g/mol. The Kier molecular flexibility index (Phi) is 3.78. The van der Waals surface area contributed by atoms with Crippen LogP contribution < -0.4 is 0 Å². The largest absolute Gasteiger partial charge is 0.508 e. The highest BCUT2D eigenvalue weighted by Gasteiger charge is 2.22. The minimum Gasteiger partial charge on any atom is -0.508 e. The number of hydrogen-bond donors (Lipinski definition) is 1. The lowest BCUT2D eigenvalue weighted by molar-refractivity contribution is 0.372. The van der Waals surface area contributed by atoms with Gasteiger partial charge in [0.2, 0.25) is 0 Å². The van der Waals surface area contributed by atoms with Crippen molar-refractivity contribution in [1.82, 2.24) is 0 Å². The van der Waals surface area contributed by atoms with Crippen LogP contribution in [0.4, 0.5) is 0 Å². The van der Waals surface area contributed by atoms with Gasteiger partial charge >= 0.3 is 0 Å². The number of rotatable bonds is 4. The minimum absolute atomic E-state index is 0.198. The second-order valence-electron chi connectivity index (χ2n) is 5.15. The van der Waals surface area contributed by atoms with Crippen LogP contribution in [0.5, 0.6) is 5.75 Å². The number of hydrogen-bond acceptors (Lipinski definition) is 1. The molecule has 0 saturated carbocycles. The smallest absolute Gasteiger partial charge is 0.115 e. The Hall–Kier alpha value is -0.980. The first-order valence-corrected chi connectivity index (χ1v) is 5.75. The van der Waals surface area contributed by atoms with Crippen molar-refractivity contribution in [3.63, 3.8) is 0 Å². The van der Waals surface area contributed by atoms with E-state index in [4.69, 9.17) is 0 Å². The maximum atomic E-state index is 9.25. The second-order valence-corrected chi connectivity index (χ2v) is 5.15. The Morgan fingerprint density at radius 1 is 1.20 bits per heavy atom. The summed E-state index contributed by atoms with van der Waals surface area (Å²) in [5.74, 6) is 1.09. The van der Waals surface area contributed by atoms with Gasteiger partial charge in [0.15, 0.2) is 0 Å². The van der Waals surface area contributed by atoms with Gasteiger partial charge in [0.05, 0.1) is 0 Å². The molecule has 0 fully saturated rings. The van der Waals surface area contributed by atoms with E-state index in [9.17, 15) is 5.11 Å². The molecular weight excluding hydrogens is 184 g/mol. The van der Waals surface area contributed by atoms with E-state index in [-0.39, 0.29) is 5.41 Å². The lowest BCUT2D eigenvalue weighted by atomic mass is 9.77. The first-order valence-electron chi connectivity index (χ1n) is 5.75. The molecule has 0 amide bonds. The molecule has 0 aromatic heterocycles. The van der Waals surface area contributed by atoms with Gasteiger partial charge in [-0.3, -0.25) is 0 Å². The van der Waals surface area contributed by atoms with Crippen molar-refractivity contribution in [2.75, 3.05) is 0 Å². The molecule has 0 unspecified atom stereocenters. The van der Waals surface area contributed by atoms with E-state index in [0.29, 0.717) is 5.75 Å². The third kappa shape index (κ3) is 3.26. The van der Waals surface area contributed by atoms with Gasteiger partial charge in [-0.1, -0.05) is 46.2 Å². The quantitative estimate of drug-likeness (QED) is 0.786. The molecule has 1 atom stereocenters. The van der Waals surface area contributed by atoms with Crippen molar-refractivity contribution in [1.29, 1.82) is 0 Å². The number of aromatic hydroxyl groups is 1. The molecule has 0 bridgehead atoms. The molecule has 1 aromatic carbocycles. The Balaban J connectivity index is 2.80. The molecule has 0 saturated heterocycles. The molecule has 0 aliphatic carbocycles. The van der Waals surface area contributed by atoms with E-state index in [1.54, 1.807) is 12.1 Å². The molecule has 1 rings (SSSR count). The fourth-order valence-corrected chi connectivity index (χ4v) is 2.05. The average molecular weight is 206 g/mol. The van der Waals surface area contributed by atoms with Crippen molar-refractivity contribution >= 4 is 0 Å². The number of phenolic OH excluding ortho intramolecular Hbond substituents is 1. The van der Waals surface area contributed by atoms with Crippen LogP contribution in [0.25, 0.3) is 0 Å². The summed E-state index contributed by atoms with van der Waals surface area (Å²) >= 11 is 0. The van der Waals surface area contributed by atoms with Gasteiger partial charge in [0.1, 0.15) is 5.75 Å². The molecule has 0 aliphatic rings. The summed E-state index contributed by atoms with van der Waals surface area (Å²) in [6.45, 7) is 9.07. The Morgan fingerprint density at radius 2 is 1.73 bits per heavy atom. The highest BCUT2D eigenvalue weighted by molar-refractivity contribution is 5.30. The first-order chi connectivity index (χ1) is 6.95. The summed E-state index contributed by atoms with van der Waals surface area (Å²) < 4.78 is 0. The topological polar surface area (TPSA) is 20.2 Å². The normalized spacial score (nSPS) is 13.9. The van der Waals surface area contributed by atoms with Crippen molar-refractivity contribution < 1.29 is 5.11 Å². The first kappa shape index (κ1) is 12.1. The maximum Gasteiger partial charge on any atom is 0.115 e. The van der Waals surface area contributed by atoms with Crippen LogP contribution in [-0.2, 0) is 5.41 Å². The molecule has 84 valence electrons. The van der Waals surface area contributed by atoms with Gasteiger partial charge in [-0.25, -0.2) is 0 Å². The van der Waals surface area contributed by atoms with Crippen LogP contribution in [0.15, 0.2) is 24.3 Å². The zero-order valence-corrected chi connectivity index (χ0v) is 10.2. The van der Waals surface area contributed by atoms with E-state index < -0.39 is 0 Å². The van der Waals surface area contributed by atoms with Crippen LogP contribution in [0.1, 0.15) is 46.1 Å². The molecule has 1 N–H and O–H groups in total. The van der Waals surface area contributed by atoms with Crippen molar-refractivity contribution in [3.05, 3.63) is 29.8 Å². The van der Waals surface area contributed by atoms with Gasteiger partial charge in [-0.2, -0.15) is 0 Å². The average Bonchev–Trinajstić information content (AvgIpc) is 2.17. The van der Waals surface area contributed by atoms with Crippen LogP contribution in [0, 0.1) is 5.92 Å². The van der Waals surface area contributed by atoms with E-state index in [0.717, 1.165) is 5.92 Å². The maximum absolute atomic E-state index is 9.25. The van der Waals surface area contributed by atoms with Gasteiger partial charge in [-0.05, 0) is 35.4 Å². The van der Waals surface area contributed by atoms with E-state index in [1.807, 2.05) is 12.1 Å². The van der Waals surface area contributed by atoms with Gasteiger partial charge in [0, 0.05) is 0 Å². The SMILES string of the molecule is CC[C@H](C)CC(C)(C)c1ccc(O)cc1. The third-order valence-electron chi connectivity index (χ3n) is 3.20.